The molecule has 1 aromatic heterocycles. The van der Waals surface area contributed by atoms with Gasteiger partial charge in [-0.1, -0.05) is 32.0 Å². The Balaban J connectivity index is 0.00000300. The van der Waals surface area contributed by atoms with Crippen LogP contribution in [-0.4, -0.2) is 54.0 Å². The Labute approximate surface area is 190 Å². The molecule has 0 aliphatic carbocycles. The van der Waals surface area contributed by atoms with Gasteiger partial charge in [0.05, 0.1) is 0 Å². The highest BCUT2D eigenvalue weighted by atomic mass is 127. The standard InChI is InChI=1S/C22H33N5O.HI/c1-5-23-22(26-18-10-12-27(14-18)21(28)15(2)3)24-11-9-17-13-25-20-16(4)7-6-8-19(17)20;/h6-8,13,15,18,25H,5,9-12,14H2,1-4H3,(H2,23,24,26);1H. The van der Waals surface area contributed by atoms with E-state index in [1.54, 1.807) is 0 Å². The fourth-order valence-electron chi connectivity index (χ4n) is 3.82. The van der Waals surface area contributed by atoms with Crippen molar-refractivity contribution >= 4 is 46.7 Å². The lowest BCUT2D eigenvalue weighted by atomic mass is 10.1. The van der Waals surface area contributed by atoms with Crippen molar-refractivity contribution in [3.05, 3.63) is 35.5 Å². The maximum atomic E-state index is 12.2. The number of carbonyl (C=O) groups is 1. The van der Waals surface area contributed by atoms with Gasteiger partial charge in [0.15, 0.2) is 5.96 Å². The SMILES string of the molecule is CCNC(=NCCc1c[nH]c2c(C)cccc12)NC1CCN(C(=O)C(C)C)C1.I. The average Bonchev–Trinajstić information content (AvgIpc) is 3.29. The van der Waals surface area contributed by atoms with E-state index in [1.807, 2.05) is 18.7 Å². The number of fused-ring (bicyclic) bond motifs is 1. The fraction of sp³-hybridized carbons (Fsp3) is 0.545. The van der Waals surface area contributed by atoms with E-state index in [4.69, 9.17) is 4.99 Å². The molecule has 1 aromatic carbocycles. The first-order chi connectivity index (χ1) is 13.5. The topological polar surface area (TPSA) is 72.5 Å². The molecule has 1 aliphatic heterocycles. The van der Waals surface area contributed by atoms with E-state index in [-0.39, 0.29) is 41.8 Å². The summed E-state index contributed by atoms with van der Waals surface area (Å²) in [6.07, 6.45) is 3.95. The van der Waals surface area contributed by atoms with Crippen LogP contribution < -0.4 is 10.6 Å². The van der Waals surface area contributed by atoms with Crippen molar-refractivity contribution in [2.75, 3.05) is 26.2 Å². The number of H-pyrrole nitrogens is 1. The van der Waals surface area contributed by atoms with Crippen molar-refractivity contribution < 1.29 is 4.79 Å². The van der Waals surface area contributed by atoms with Crippen LogP contribution >= 0.6 is 24.0 Å². The molecule has 1 atom stereocenters. The van der Waals surface area contributed by atoms with Gasteiger partial charge < -0.3 is 20.5 Å². The molecule has 29 heavy (non-hydrogen) atoms. The molecular weight excluding hydrogens is 477 g/mol. The summed E-state index contributed by atoms with van der Waals surface area (Å²) in [6, 6.07) is 6.66. The normalized spacial score (nSPS) is 16.9. The van der Waals surface area contributed by atoms with Crippen LogP contribution in [0.3, 0.4) is 0 Å². The third-order valence-corrected chi connectivity index (χ3v) is 5.34. The van der Waals surface area contributed by atoms with Gasteiger partial charge in [0, 0.05) is 55.2 Å². The van der Waals surface area contributed by atoms with Crippen LogP contribution in [0.5, 0.6) is 0 Å². The molecule has 1 amide bonds. The molecule has 1 fully saturated rings. The predicted octanol–water partition coefficient (Wildman–Crippen LogP) is 3.45. The number of hydrogen-bond acceptors (Lipinski definition) is 2. The highest BCUT2D eigenvalue weighted by Gasteiger charge is 2.27. The molecule has 6 nitrogen and oxygen atoms in total. The van der Waals surface area contributed by atoms with Gasteiger partial charge >= 0.3 is 0 Å². The lowest BCUT2D eigenvalue weighted by Gasteiger charge is -2.20. The summed E-state index contributed by atoms with van der Waals surface area (Å²) in [5, 5.41) is 8.12. The molecule has 1 aliphatic rings. The number of carbonyl (C=O) groups excluding carboxylic acids is 1. The summed E-state index contributed by atoms with van der Waals surface area (Å²) in [6.45, 7) is 11.2. The molecule has 0 spiro atoms. The fourth-order valence-corrected chi connectivity index (χ4v) is 3.82. The maximum absolute atomic E-state index is 12.2. The molecule has 1 saturated heterocycles. The van der Waals surface area contributed by atoms with Crippen LogP contribution in [0.4, 0.5) is 0 Å². The first-order valence-corrected chi connectivity index (χ1v) is 10.4. The van der Waals surface area contributed by atoms with Crippen molar-refractivity contribution in [3.8, 4) is 0 Å². The van der Waals surface area contributed by atoms with Crippen LogP contribution in [0.2, 0.25) is 0 Å². The largest absolute Gasteiger partial charge is 0.361 e. The Kier molecular flexibility index (Phi) is 8.79. The van der Waals surface area contributed by atoms with E-state index in [9.17, 15) is 4.79 Å². The van der Waals surface area contributed by atoms with Crippen LogP contribution in [0.1, 0.15) is 38.3 Å². The number of nitrogens with one attached hydrogen (secondary N) is 3. The number of halogens is 1. The maximum Gasteiger partial charge on any atom is 0.225 e. The number of aromatic nitrogens is 1. The summed E-state index contributed by atoms with van der Waals surface area (Å²) in [4.78, 5) is 22.3. The van der Waals surface area contributed by atoms with Gasteiger partial charge in [-0.25, -0.2) is 0 Å². The van der Waals surface area contributed by atoms with Crippen LogP contribution in [0.15, 0.2) is 29.4 Å². The Morgan fingerprint density at radius 1 is 1.38 bits per heavy atom. The smallest absolute Gasteiger partial charge is 0.225 e. The molecule has 7 heteroatoms. The van der Waals surface area contributed by atoms with Gasteiger partial charge in [-0.2, -0.15) is 0 Å². The molecule has 2 heterocycles. The zero-order valence-corrected chi connectivity index (χ0v) is 20.2. The number of benzene rings is 1. The third-order valence-electron chi connectivity index (χ3n) is 5.34. The number of rotatable bonds is 6. The highest BCUT2D eigenvalue weighted by molar-refractivity contribution is 14.0. The Morgan fingerprint density at radius 2 is 2.17 bits per heavy atom. The van der Waals surface area contributed by atoms with Gasteiger partial charge in [0.1, 0.15) is 0 Å². The number of aryl methyl sites for hydroxylation is 1. The lowest BCUT2D eigenvalue weighted by Crippen LogP contribution is -2.45. The predicted molar refractivity (Wildman–Crippen MR) is 131 cm³/mol. The van der Waals surface area contributed by atoms with Crippen LogP contribution in [-0.2, 0) is 11.2 Å². The number of aromatic amines is 1. The van der Waals surface area contributed by atoms with Gasteiger partial charge in [0.25, 0.3) is 0 Å². The summed E-state index contributed by atoms with van der Waals surface area (Å²) in [5.41, 5.74) is 3.78. The molecule has 0 bridgehead atoms. The summed E-state index contributed by atoms with van der Waals surface area (Å²) < 4.78 is 0. The van der Waals surface area contributed by atoms with E-state index >= 15 is 0 Å². The highest BCUT2D eigenvalue weighted by Crippen LogP contribution is 2.21. The second kappa shape index (κ2) is 10.8. The Bertz CT molecular complexity index is 845. The number of guanidine groups is 1. The van der Waals surface area contributed by atoms with Gasteiger partial charge in [-0.3, -0.25) is 9.79 Å². The minimum Gasteiger partial charge on any atom is -0.361 e. The van der Waals surface area contributed by atoms with Crippen molar-refractivity contribution in [1.29, 1.82) is 0 Å². The van der Waals surface area contributed by atoms with E-state index in [1.165, 1.54) is 22.0 Å². The van der Waals surface area contributed by atoms with Gasteiger partial charge in [0.2, 0.25) is 5.91 Å². The zero-order chi connectivity index (χ0) is 20.1. The van der Waals surface area contributed by atoms with Gasteiger partial charge in [-0.15, -0.1) is 24.0 Å². The first-order valence-electron chi connectivity index (χ1n) is 10.4. The Morgan fingerprint density at radius 3 is 2.90 bits per heavy atom. The molecule has 1 unspecified atom stereocenters. The lowest BCUT2D eigenvalue weighted by molar-refractivity contribution is -0.133. The molecule has 0 radical (unpaired) electrons. The molecule has 160 valence electrons. The molecule has 0 saturated carbocycles. The summed E-state index contributed by atoms with van der Waals surface area (Å²) >= 11 is 0. The van der Waals surface area contributed by atoms with E-state index in [0.29, 0.717) is 0 Å². The number of likely N-dealkylation sites (tertiary alicyclic amines) is 1. The van der Waals surface area contributed by atoms with E-state index < -0.39 is 0 Å². The van der Waals surface area contributed by atoms with Crippen LogP contribution in [0.25, 0.3) is 10.9 Å². The summed E-state index contributed by atoms with van der Waals surface area (Å²) in [7, 11) is 0. The quantitative estimate of drug-likeness (QED) is 0.316. The van der Waals surface area contributed by atoms with Crippen LogP contribution in [0, 0.1) is 12.8 Å². The monoisotopic (exact) mass is 511 g/mol. The number of amides is 1. The number of aliphatic imine (C=N–C) groups is 1. The zero-order valence-electron chi connectivity index (χ0n) is 17.9. The number of hydrogen-bond donors (Lipinski definition) is 3. The second-order valence-electron chi connectivity index (χ2n) is 7.89. The molecule has 2 aromatic rings. The van der Waals surface area contributed by atoms with Crippen molar-refractivity contribution in [1.82, 2.24) is 20.5 Å². The minimum absolute atomic E-state index is 0. The molecular formula is C22H34IN5O. The first kappa shape index (κ1) is 23.5. The van der Waals surface area contributed by atoms with Crippen molar-refractivity contribution in [2.45, 2.75) is 46.6 Å². The minimum atomic E-state index is 0. The number of nitrogens with zero attached hydrogens (tertiary/aromatic N) is 2. The summed E-state index contributed by atoms with van der Waals surface area (Å²) in [5.74, 6) is 1.13. The van der Waals surface area contributed by atoms with Crippen molar-refractivity contribution in [2.24, 2.45) is 10.9 Å². The van der Waals surface area contributed by atoms with E-state index in [2.05, 4.69) is 53.9 Å². The van der Waals surface area contributed by atoms with E-state index in [0.717, 1.165) is 45.0 Å². The Hall–Kier alpha value is -1.77. The third kappa shape index (κ3) is 5.87. The molecule has 3 N–H and O–H groups in total. The second-order valence-corrected chi connectivity index (χ2v) is 7.89. The van der Waals surface area contributed by atoms with Crippen molar-refractivity contribution in [3.63, 3.8) is 0 Å². The van der Waals surface area contributed by atoms with Gasteiger partial charge in [-0.05, 0) is 37.8 Å². The number of para-hydroxylation sites is 1. The average molecular weight is 511 g/mol. The molecule has 3 rings (SSSR count).